The second-order valence-electron chi connectivity index (χ2n) is 6.44. The zero-order valence-electron chi connectivity index (χ0n) is 13.8. The molecule has 2 atom stereocenters. The molecule has 1 aromatic carbocycles. The zero-order valence-corrected chi connectivity index (χ0v) is 13.8. The van der Waals surface area contributed by atoms with E-state index in [-0.39, 0.29) is 18.4 Å². The van der Waals surface area contributed by atoms with Crippen LogP contribution in [0.2, 0.25) is 0 Å². The highest BCUT2D eigenvalue weighted by atomic mass is 16.5. The van der Waals surface area contributed by atoms with Crippen LogP contribution in [-0.2, 0) is 9.59 Å². The summed E-state index contributed by atoms with van der Waals surface area (Å²) in [5.74, 6) is 0.527. The van der Waals surface area contributed by atoms with Crippen molar-refractivity contribution in [1.29, 1.82) is 0 Å². The molecule has 6 nitrogen and oxygen atoms in total. The number of likely N-dealkylation sites (tertiary alicyclic amines) is 1. The third-order valence-electron chi connectivity index (χ3n) is 4.76. The van der Waals surface area contributed by atoms with Crippen LogP contribution < -0.4 is 9.47 Å². The van der Waals surface area contributed by atoms with Crippen molar-refractivity contribution in [2.45, 2.75) is 19.8 Å². The van der Waals surface area contributed by atoms with Crippen molar-refractivity contribution < 1.29 is 24.2 Å². The van der Waals surface area contributed by atoms with Gasteiger partial charge in [0.2, 0.25) is 0 Å². The number of carboxylic acid groups (broad SMARTS) is 1. The van der Waals surface area contributed by atoms with Gasteiger partial charge in [0.15, 0.2) is 6.61 Å². The maximum absolute atomic E-state index is 12.3. The van der Waals surface area contributed by atoms with Crippen molar-refractivity contribution in [2.24, 2.45) is 17.8 Å². The number of carboxylic acids is 1. The lowest BCUT2D eigenvalue weighted by Gasteiger charge is -2.16. The van der Waals surface area contributed by atoms with Crippen LogP contribution in [0.3, 0.4) is 0 Å². The van der Waals surface area contributed by atoms with Crippen LogP contribution in [0.5, 0.6) is 11.5 Å². The summed E-state index contributed by atoms with van der Waals surface area (Å²) in [5, 5.41) is 9.36. The molecule has 0 spiro atoms. The SMILES string of the molecule is CCOc1ccc(OCC(=O)N2C[C@H](C(=O)O)[C@@H](C3CC3)C2)cc1. The topological polar surface area (TPSA) is 76.1 Å². The van der Waals surface area contributed by atoms with Gasteiger partial charge < -0.3 is 19.5 Å². The first-order valence-electron chi connectivity index (χ1n) is 8.44. The Balaban J connectivity index is 1.52. The van der Waals surface area contributed by atoms with E-state index in [1.54, 1.807) is 29.2 Å². The van der Waals surface area contributed by atoms with Crippen molar-refractivity contribution >= 4 is 11.9 Å². The largest absolute Gasteiger partial charge is 0.494 e. The summed E-state index contributed by atoms with van der Waals surface area (Å²) < 4.78 is 10.9. The highest BCUT2D eigenvalue weighted by Crippen LogP contribution is 2.44. The molecule has 2 aliphatic rings. The van der Waals surface area contributed by atoms with Crippen LogP contribution in [0.1, 0.15) is 19.8 Å². The van der Waals surface area contributed by atoms with E-state index < -0.39 is 11.9 Å². The first-order valence-corrected chi connectivity index (χ1v) is 8.44. The minimum Gasteiger partial charge on any atom is -0.494 e. The molecule has 1 aromatic rings. The monoisotopic (exact) mass is 333 g/mol. The molecule has 1 saturated heterocycles. The van der Waals surface area contributed by atoms with Gasteiger partial charge in [-0.15, -0.1) is 0 Å². The fourth-order valence-corrected chi connectivity index (χ4v) is 3.33. The molecular weight excluding hydrogens is 310 g/mol. The predicted molar refractivity (Wildman–Crippen MR) is 87.0 cm³/mol. The Hall–Kier alpha value is -2.24. The second kappa shape index (κ2) is 7.11. The van der Waals surface area contributed by atoms with Crippen LogP contribution in [0.15, 0.2) is 24.3 Å². The Morgan fingerprint density at radius 2 is 1.75 bits per heavy atom. The van der Waals surface area contributed by atoms with Gasteiger partial charge in [0.05, 0.1) is 12.5 Å². The van der Waals surface area contributed by atoms with Crippen molar-refractivity contribution in [3.8, 4) is 11.5 Å². The molecule has 24 heavy (non-hydrogen) atoms. The standard InChI is InChI=1S/C18H23NO5/c1-2-23-13-5-7-14(8-6-13)24-11-17(20)19-9-15(12-3-4-12)16(10-19)18(21)22/h5-8,12,15-16H,2-4,9-11H2,1H3,(H,21,22)/t15-,16+/m1/s1. The van der Waals surface area contributed by atoms with Gasteiger partial charge in [0, 0.05) is 13.1 Å². The highest BCUT2D eigenvalue weighted by Gasteiger charge is 2.46. The number of carbonyl (C=O) groups is 2. The Morgan fingerprint density at radius 1 is 1.12 bits per heavy atom. The number of nitrogens with zero attached hydrogens (tertiary/aromatic N) is 1. The van der Waals surface area contributed by atoms with E-state index in [2.05, 4.69) is 0 Å². The third kappa shape index (κ3) is 3.80. The van der Waals surface area contributed by atoms with Crippen molar-refractivity contribution in [3.05, 3.63) is 24.3 Å². The van der Waals surface area contributed by atoms with E-state index in [1.807, 2.05) is 6.92 Å². The van der Waals surface area contributed by atoms with Gasteiger partial charge in [0.25, 0.3) is 5.91 Å². The van der Waals surface area contributed by atoms with Gasteiger partial charge in [-0.3, -0.25) is 9.59 Å². The number of amides is 1. The Morgan fingerprint density at radius 3 is 2.29 bits per heavy atom. The fourth-order valence-electron chi connectivity index (χ4n) is 3.33. The summed E-state index contributed by atoms with van der Waals surface area (Å²) >= 11 is 0. The minimum atomic E-state index is -0.797. The maximum atomic E-state index is 12.3. The number of rotatable bonds is 7. The van der Waals surface area contributed by atoms with Gasteiger partial charge >= 0.3 is 5.97 Å². The molecule has 0 aromatic heterocycles. The van der Waals surface area contributed by atoms with E-state index in [4.69, 9.17) is 9.47 Å². The van der Waals surface area contributed by atoms with Crippen LogP contribution in [0.25, 0.3) is 0 Å². The highest BCUT2D eigenvalue weighted by molar-refractivity contribution is 5.80. The fraction of sp³-hybridized carbons (Fsp3) is 0.556. The summed E-state index contributed by atoms with van der Waals surface area (Å²) in [6.07, 6.45) is 2.16. The van der Waals surface area contributed by atoms with E-state index in [1.165, 1.54) is 0 Å². The number of ether oxygens (including phenoxy) is 2. The van der Waals surface area contributed by atoms with Crippen molar-refractivity contribution in [1.82, 2.24) is 4.90 Å². The number of hydrogen-bond donors (Lipinski definition) is 1. The van der Waals surface area contributed by atoms with Crippen LogP contribution in [-0.4, -0.2) is 48.2 Å². The predicted octanol–water partition coefficient (Wildman–Crippen LogP) is 2.03. The molecule has 1 N–H and O–H groups in total. The average molecular weight is 333 g/mol. The molecule has 1 heterocycles. The lowest BCUT2D eigenvalue weighted by atomic mass is 9.92. The molecule has 0 radical (unpaired) electrons. The third-order valence-corrected chi connectivity index (χ3v) is 4.76. The summed E-state index contributed by atoms with van der Waals surface area (Å²) in [5.41, 5.74) is 0. The number of aliphatic carboxylic acids is 1. The summed E-state index contributed by atoms with van der Waals surface area (Å²) in [7, 11) is 0. The molecule has 1 amide bonds. The Labute approximate surface area is 141 Å². The summed E-state index contributed by atoms with van der Waals surface area (Å²) in [6.45, 7) is 3.27. The normalized spacial score (nSPS) is 23.1. The minimum absolute atomic E-state index is 0.0717. The van der Waals surface area contributed by atoms with Crippen molar-refractivity contribution in [2.75, 3.05) is 26.3 Å². The zero-order chi connectivity index (χ0) is 17.1. The molecule has 0 unspecified atom stereocenters. The maximum Gasteiger partial charge on any atom is 0.308 e. The van der Waals surface area contributed by atoms with Crippen LogP contribution in [0, 0.1) is 17.8 Å². The van der Waals surface area contributed by atoms with Crippen molar-refractivity contribution in [3.63, 3.8) is 0 Å². The Bertz CT molecular complexity index is 596. The van der Waals surface area contributed by atoms with E-state index in [0.717, 1.165) is 18.6 Å². The van der Waals surface area contributed by atoms with E-state index in [9.17, 15) is 14.7 Å². The Kier molecular flexibility index (Phi) is 4.92. The summed E-state index contributed by atoms with van der Waals surface area (Å²) in [6, 6.07) is 7.11. The lowest BCUT2D eigenvalue weighted by Crippen LogP contribution is -2.33. The quantitative estimate of drug-likeness (QED) is 0.826. The molecule has 0 bridgehead atoms. The van der Waals surface area contributed by atoms with E-state index in [0.29, 0.717) is 31.4 Å². The molecule has 1 aliphatic heterocycles. The second-order valence-corrected chi connectivity index (χ2v) is 6.44. The van der Waals surface area contributed by atoms with Gasteiger partial charge in [-0.1, -0.05) is 0 Å². The lowest BCUT2D eigenvalue weighted by molar-refractivity contribution is -0.142. The molecule has 130 valence electrons. The average Bonchev–Trinajstić information content (AvgIpc) is 3.32. The van der Waals surface area contributed by atoms with Crippen LogP contribution in [0.4, 0.5) is 0 Å². The van der Waals surface area contributed by atoms with Gasteiger partial charge in [-0.2, -0.15) is 0 Å². The van der Waals surface area contributed by atoms with Gasteiger partial charge in [-0.05, 0) is 55.9 Å². The molecule has 2 fully saturated rings. The van der Waals surface area contributed by atoms with Crippen LogP contribution >= 0.6 is 0 Å². The number of hydrogen-bond acceptors (Lipinski definition) is 4. The molecule has 3 rings (SSSR count). The van der Waals surface area contributed by atoms with Gasteiger partial charge in [0.1, 0.15) is 11.5 Å². The molecular formula is C18H23NO5. The summed E-state index contributed by atoms with van der Waals surface area (Å²) in [4.78, 5) is 25.4. The first kappa shape index (κ1) is 16.6. The van der Waals surface area contributed by atoms with Gasteiger partial charge in [-0.25, -0.2) is 0 Å². The molecule has 6 heteroatoms. The molecule has 1 saturated carbocycles. The van der Waals surface area contributed by atoms with E-state index >= 15 is 0 Å². The number of benzene rings is 1. The molecule has 1 aliphatic carbocycles. The number of carbonyl (C=O) groups excluding carboxylic acids is 1. The first-order chi connectivity index (χ1) is 11.6. The smallest absolute Gasteiger partial charge is 0.308 e.